The van der Waals surface area contributed by atoms with Crippen LogP contribution in [0, 0.1) is 19.8 Å². The molecule has 6 nitrogen and oxygen atoms in total. The van der Waals surface area contributed by atoms with Gasteiger partial charge in [-0.1, -0.05) is 18.6 Å². The topological polar surface area (TPSA) is 84.2 Å². The van der Waals surface area contributed by atoms with Crippen LogP contribution in [0.2, 0.25) is 0 Å². The van der Waals surface area contributed by atoms with E-state index in [9.17, 15) is 14.7 Å². The van der Waals surface area contributed by atoms with E-state index in [1.165, 1.54) is 6.20 Å². The average molecular weight is 327 g/mol. The highest BCUT2D eigenvalue weighted by Gasteiger charge is 2.34. The van der Waals surface area contributed by atoms with Gasteiger partial charge in [-0.3, -0.25) is 9.59 Å². The van der Waals surface area contributed by atoms with Crippen LogP contribution in [0.25, 0.3) is 5.69 Å². The molecule has 0 aliphatic heterocycles. The number of benzene rings is 1. The van der Waals surface area contributed by atoms with Gasteiger partial charge in [-0.15, -0.1) is 0 Å². The second-order valence-electron chi connectivity index (χ2n) is 6.35. The molecule has 24 heavy (non-hydrogen) atoms. The van der Waals surface area contributed by atoms with Crippen LogP contribution >= 0.6 is 0 Å². The molecule has 2 atom stereocenters. The van der Waals surface area contributed by atoms with E-state index >= 15 is 0 Å². The Balaban J connectivity index is 1.80. The summed E-state index contributed by atoms with van der Waals surface area (Å²) in [4.78, 5) is 23.8. The summed E-state index contributed by atoms with van der Waals surface area (Å²) >= 11 is 0. The highest BCUT2D eigenvalue weighted by molar-refractivity contribution is 5.95. The molecule has 0 saturated heterocycles. The van der Waals surface area contributed by atoms with E-state index < -0.39 is 11.9 Å². The fourth-order valence-corrected chi connectivity index (χ4v) is 3.33. The third-order valence-corrected chi connectivity index (χ3v) is 4.65. The lowest BCUT2D eigenvalue weighted by Crippen LogP contribution is -2.40. The van der Waals surface area contributed by atoms with Crippen molar-refractivity contribution < 1.29 is 14.7 Å². The number of nitrogens with one attached hydrogen (secondary N) is 1. The summed E-state index contributed by atoms with van der Waals surface area (Å²) in [6, 6.07) is 7.58. The third kappa shape index (κ3) is 3.04. The minimum Gasteiger partial charge on any atom is -0.481 e. The molecule has 1 aromatic carbocycles. The zero-order chi connectivity index (χ0) is 17.3. The normalized spacial score (nSPS) is 20.1. The van der Waals surface area contributed by atoms with E-state index in [1.54, 1.807) is 4.68 Å². The van der Waals surface area contributed by atoms with Gasteiger partial charge in [0.2, 0.25) is 0 Å². The number of aliphatic carboxylic acids is 1. The summed E-state index contributed by atoms with van der Waals surface area (Å²) in [6.07, 6.45) is 3.68. The SMILES string of the molecule is Cc1cccc(-n2ncc(C(=O)N[C@@H]3CCC[C@@H]3C(=O)O)c2C)c1. The molecule has 126 valence electrons. The molecule has 1 amide bonds. The van der Waals surface area contributed by atoms with Crippen LogP contribution in [-0.4, -0.2) is 32.8 Å². The van der Waals surface area contributed by atoms with Crippen LogP contribution in [0.15, 0.2) is 30.5 Å². The van der Waals surface area contributed by atoms with Gasteiger partial charge < -0.3 is 10.4 Å². The monoisotopic (exact) mass is 327 g/mol. The molecule has 6 heteroatoms. The van der Waals surface area contributed by atoms with Crippen molar-refractivity contribution in [1.82, 2.24) is 15.1 Å². The Kier molecular flexibility index (Phi) is 4.38. The lowest BCUT2D eigenvalue weighted by atomic mass is 10.0. The standard InChI is InChI=1S/C18H21N3O3/c1-11-5-3-6-13(9-11)21-12(2)15(10-19-21)17(22)20-16-8-4-7-14(16)18(23)24/h3,5-6,9-10,14,16H,4,7-8H2,1-2H3,(H,20,22)(H,23,24)/t14-,16+/m0/s1. The van der Waals surface area contributed by atoms with Gasteiger partial charge in [-0.25, -0.2) is 4.68 Å². The third-order valence-electron chi connectivity index (χ3n) is 4.65. The summed E-state index contributed by atoms with van der Waals surface area (Å²) in [7, 11) is 0. The number of aromatic nitrogens is 2. The lowest BCUT2D eigenvalue weighted by molar-refractivity contribution is -0.142. The number of aryl methyl sites for hydroxylation is 1. The molecule has 1 aromatic heterocycles. The molecular formula is C18H21N3O3. The van der Waals surface area contributed by atoms with Crippen molar-refractivity contribution in [2.45, 2.75) is 39.2 Å². The zero-order valence-electron chi connectivity index (χ0n) is 13.8. The maximum atomic E-state index is 12.5. The van der Waals surface area contributed by atoms with Gasteiger partial charge in [-0.05, 0) is 44.4 Å². The Morgan fingerprint density at radius 1 is 1.29 bits per heavy atom. The number of amides is 1. The Morgan fingerprint density at radius 3 is 2.79 bits per heavy atom. The maximum absolute atomic E-state index is 12.5. The Labute approximate surface area is 140 Å². The lowest BCUT2D eigenvalue weighted by Gasteiger charge is -2.17. The highest BCUT2D eigenvalue weighted by atomic mass is 16.4. The van der Waals surface area contributed by atoms with Crippen LogP contribution in [0.5, 0.6) is 0 Å². The molecule has 0 radical (unpaired) electrons. The van der Waals surface area contributed by atoms with Gasteiger partial charge in [0.15, 0.2) is 0 Å². The first-order valence-electron chi connectivity index (χ1n) is 8.12. The van der Waals surface area contributed by atoms with Crippen molar-refractivity contribution in [1.29, 1.82) is 0 Å². The highest BCUT2D eigenvalue weighted by Crippen LogP contribution is 2.26. The zero-order valence-corrected chi connectivity index (χ0v) is 13.8. The van der Waals surface area contributed by atoms with Crippen molar-refractivity contribution in [3.63, 3.8) is 0 Å². The second kappa shape index (κ2) is 6.47. The van der Waals surface area contributed by atoms with Gasteiger partial charge in [0.05, 0.1) is 29.1 Å². The summed E-state index contributed by atoms with van der Waals surface area (Å²) in [6.45, 7) is 3.84. The van der Waals surface area contributed by atoms with Crippen molar-refractivity contribution in [2.24, 2.45) is 5.92 Å². The molecule has 0 bridgehead atoms. The molecule has 2 aromatic rings. The predicted molar refractivity (Wildman–Crippen MR) is 89.3 cm³/mol. The van der Waals surface area contributed by atoms with Gasteiger partial charge in [0.25, 0.3) is 5.91 Å². The number of rotatable bonds is 4. The molecular weight excluding hydrogens is 306 g/mol. The largest absolute Gasteiger partial charge is 0.481 e. The molecule has 1 saturated carbocycles. The molecule has 2 N–H and O–H groups in total. The summed E-state index contributed by atoms with van der Waals surface area (Å²) in [5, 5.41) is 16.4. The summed E-state index contributed by atoms with van der Waals surface area (Å²) < 4.78 is 1.73. The molecule has 1 fully saturated rings. The fraction of sp³-hybridized carbons (Fsp3) is 0.389. The fourth-order valence-electron chi connectivity index (χ4n) is 3.33. The summed E-state index contributed by atoms with van der Waals surface area (Å²) in [5.41, 5.74) is 3.23. The van der Waals surface area contributed by atoms with Crippen LogP contribution < -0.4 is 5.32 Å². The molecule has 1 aliphatic rings. The minimum atomic E-state index is -0.843. The van der Waals surface area contributed by atoms with Crippen molar-refractivity contribution in [3.8, 4) is 5.69 Å². The van der Waals surface area contributed by atoms with E-state index in [1.807, 2.05) is 38.1 Å². The number of carboxylic acids is 1. The van der Waals surface area contributed by atoms with Crippen LogP contribution in [-0.2, 0) is 4.79 Å². The number of nitrogens with zero attached hydrogens (tertiary/aromatic N) is 2. The Hall–Kier alpha value is -2.63. The Morgan fingerprint density at radius 2 is 2.08 bits per heavy atom. The van der Waals surface area contributed by atoms with Crippen LogP contribution in [0.1, 0.15) is 40.9 Å². The molecule has 1 aliphatic carbocycles. The number of carbonyl (C=O) groups excluding carboxylic acids is 1. The second-order valence-corrected chi connectivity index (χ2v) is 6.35. The average Bonchev–Trinajstić information content (AvgIpc) is 3.13. The number of carboxylic acid groups (broad SMARTS) is 1. The van der Waals surface area contributed by atoms with Crippen LogP contribution in [0.4, 0.5) is 0 Å². The quantitative estimate of drug-likeness (QED) is 0.903. The minimum absolute atomic E-state index is 0.260. The van der Waals surface area contributed by atoms with Gasteiger partial charge in [0.1, 0.15) is 0 Å². The number of hydrogen-bond acceptors (Lipinski definition) is 3. The van der Waals surface area contributed by atoms with E-state index in [2.05, 4.69) is 10.4 Å². The molecule has 0 spiro atoms. The van der Waals surface area contributed by atoms with Crippen molar-refractivity contribution >= 4 is 11.9 Å². The van der Waals surface area contributed by atoms with Crippen molar-refractivity contribution in [3.05, 3.63) is 47.3 Å². The van der Waals surface area contributed by atoms with E-state index in [-0.39, 0.29) is 11.9 Å². The molecule has 1 heterocycles. The Bertz CT molecular complexity index is 782. The van der Waals surface area contributed by atoms with Gasteiger partial charge >= 0.3 is 5.97 Å². The van der Waals surface area contributed by atoms with Crippen molar-refractivity contribution in [2.75, 3.05) is 0 Å². The molecule has 3 rings (SSSR count). The first-order valence-corrected chi connectivity index (χ1v) is 8.12. The number of carbonyl (C=O) groups is 2. The summed E-state index contributed by atoms with van der Waals surface area (Å²) in [5.74, 6) is -1.60. The van der Waals surface area contributed by atoms with E-state index in [4.69, 9.17) is 0 Å². The first kappa shape index (κ1) is 16.2. The van der Waals surface area contributed by atoms with Crippen LogP contribution in [0.3, 0.4) is 0 Å². The first-order chi connectivity index (χ1) is 11.5. The van der Waals surface area contributed by atoms with Gasteiger partial charge in [-0.2, -0.15) is 5.10 Å². The van der Waals surface area contributed by atoms with E-state index in [0.29, 0.717) is 18.4 Å². The smallest absolute Gasteiger partial charge is 0.308 e. The van der Waals surface area contributed by atoms with E-state index in [0.717, 1.165) is 23.4 Å². The number of hydrogen-bond donors (Lipinski definition) is 2. The predicted octanol–water partition coefficient (Wildman–Crippen LogP) is 2.47. The molecule has 0 unspecified atom stereocenters. The maximum Gasteiger partial charge on any atom is 0.308 e. The van der Waals surface area contributed by atoms with Gasteiger partial charge in [0, 0.05) is 6.04 Å².